The predicted molar refractivity (Wildman–Crippen MR) is 223 cm³/mol. The van der Waals surface area contributed by atoms with Crippen LogP contribution in [-0.4, -0.2) is 82.4 Å². The van der Waals surface area contributed by atoms with Crippen LogP contribution >= 0.6 is 0 Å². The molecule has 0 aliphatic carbocycles. The molecule has 6 aliphatic heterocycles. The highest BCUT2D eigenvalue weighted by Crippen LogP contribution is 2.49. The van der Waals surface area contributed by atoms with E-state index in [1.807, 2.05) is 24.5 Å². The van der Waals surface area contributed by atoms with Crippen LogP contribution in [0.2, 0.25) is 0 Å². The summed E-state index contributed by atoms with van der Waals surface area (Å²) < 4.78 is 11.6. The maximum absolute atomic E-state index is 5.78. The molecular formula is C48H50N6O2. The summed E-state index contributed by atoms with van der Waals surface area (Å²) in [5.41, 5.74) is 6.43. The quantitative estimate of drug-likeness (QED) is 0.129. The lowest BCUT2D eigenvalue weighted by Gasteiger charge is -2.52. The number of fused-ring (bicyclic) bond motifs is 9. The first-order chi connectivity index (χ1) is 27.6. The van der Waals surface area contributed by atoms with Gasteiger partial charge >= 0.3 is 0 Å². The Bertz CT molecular complexity index is 2300. The third-order valence-corrected chi connectivity index (χ3v) is 14.0. The van der Waals surface area contributed by atoms with Crippen LogP contribution in [0.25, 0.3) is 32.6 Å². The number of nitrogens with zero attached hydrogens (tertiary/aromatic N) is 6. The van der Waals surface area contributed by atoms with E-state index >= 15 is 0 Å². The maximum atomic E-state index is 5.78. The van der Waals surface area contributed by atoms with Crippen molar-refractivity contribution in [2.75, 3.05) is 40.4 Å². The van der Waals surface area contributed by atoms with E-state index in [0.717, 1.165) is 83.7 Å². The van der Waals surface area contributed by atoms with Crippen LogP contribution in [-0.2, 0) is 0 Å². The van der Waals surface area contributed by atoms with Gasteiger partial charge in [-0.3, -0.25) is 19.8 Å². The van der Waals surface area contributed by atoms with Gasteiger partial charge in [0.2, 0.25) is 0 Å². The normalized spacial score (nSPS) is 28.0. The highest BCUT2D eigenvalue weighted by molar-refractivity contribution is 5.91. The average molecular weight is 743 g/mol. The summed E-state index contributed by atoms with van der Waals surface area (Å²) in [6, 6.07) is 26.3. The fraction of sp³-hybridized carbons (Fsp3) is 0.375. The zero-order chi connectivity index (χ0) is 37.9. The van der Waals surface area contributed by atoms with Crippen LogP contribution in [0, 0.1) is 23.7 Å². The minimum atomic E-state index is -0.0279. The first-order valence-corrected chi connectivity index (χ1v) is 20.4. The van der Waals surface area contributed by atoms with Crippen molar-refractivity contribution in [1.82, 2.24) is 30.0 Å². The van der Waals surface area contributed by atoms with Gasteiger partial charge in [0.1, 0.15) is 11.5 Å². The Morgan fingerprint density at radius 2 is 1.09 bits per heavy atom. The predicted octanol–water partition coefficient (Wildman–Crippen LogP) is 8.80. The van der Waals surface area contributed by atoms with Gasteiger partial charge in [-0.25, -0.2) is 0 Å². The number of pyridine rings is 2. The SMILES string of the molecule is C=C[C@H]1CN2CC[C@H]1C[C@@H]2C(c1ccnc2ccc(OC)cc12)c1nnc(C(c2ccnc3ccc(OC)cc23)[C@H]2C[C@@H]3CCN2C[C@@H]3C=C)c2ccccc12. The summed E-state index contributed by atoms with van der Waals surface area (Å²) in [4.78, 5) is 15.0. The van der Waals surface area contributed by atoms with E-state index in [-0.39, 0.29) is 23.9 Å². The van der Waals surface area contributed by atoms with Crippen LogP contribution in [0.4, 0.5) is 0 Å². The van der Waals surface area contributed by atoms with Crippen LogP contribution in [0.3, 0.4) is 0 Å². The lowest BCUT2D eigenvalue weighted by molar-refractivity contribution is 0.0110. The molecule has 8 heteroatoms. The second kappa shape index (κ2) is 14.4. The molecule has 0 saturated carbocycles. The molecule has 6 saturated heterocycles. The van der Waals surface area contributed by atoms with Crippen molar-refractivity contribution in [3.8, 4) is 11.5 Å². The first-order valence-electron chi connectivity index (χ1n) is 20.4. The Balaban J connectivity index is 1.19. The fourth-order valence-electron chi connectivity index (χ4n) is 11.2. The molecule has 12 rings (SSSR count). The number of methoxy groups -OCH3 is 2. The number of piperidine rings is 6. The Morgan fingerprint density at radius 3 is 1.48 bits per heavy atom. The van der Waals surface area contributed by atoms with Crippen LogP contribution < -0.4 is 9.47 Å². The van der Waals surface area contributed by atoms with Gasteiger partial charge in [0.15, 0.2) is 0 Å². The Morgan fingerprint density at radius 1 is 0.625 bits per heavy atom. The zero-order valence-electron chi connectivity index (χ0n) is 32.4. The molecule has 56 heavy (non-hydrogen) atoms. The molecule has 6 fully saturated rings. The van der Waals surface area contributed by atoms with Crippen molar-refractivity contribution in [2.45, 2.75) is 49.6 Å². The molecule has 0 N–H and O–H groups in total. The molecule has 8 nitrogen and oxygen atoms in total. The van der Waals surface area contributed by atoms with E-state index in [1.165, 1.54) is 34.7 Å². The largest absolute Gasteiger partial charge is 0.497 e. The number of ether oxygens (including phenoxy) is 2. The van der Waals surface area contributed by atoms with E-state index in [4.69, 9.17) is 29.6 Å². The number of aromatic nitrogens is 4. The molecule has 4 bridgehead atoms. The lowest BCUT2D eigenvalue weighted by Crippen LogP contribution is -2.55. The summed E-state index contributed by atoms with van der Waals surface area (Å²) in [5.74, 6) is 3.82. The lowest BCUT2D eigenvalue weighted by atomic mass is 9.69. The van der Waals surface area contributed by atoms with Crippen molar-refractivity contribution in [2.24, 2.45) is 23.7 Å². The first kappa shape index (κ1) is 35.2. The van der Waals surface area contributed by atoms with Crippen molar-refractivity contribution >= 4 is 32.6 Å². The van der Waals surface area contributed by atoms with Gasteiger partial charge in [-0.1, -0.05) is 36.4 Å². The van der Waals surface area contributed by atoms with Crippen LogP contribution in [0.15, 0.2) is 111 Å². The second-order valence-corrected chi connectivity index (χ2v) is 16.5. The molecule has 0 spiro atoms. The minimum Gasteiger partial charge on any atom is -0.497 e. The van der Waals surface area contributed by atoms with Gasteiger partial charge in [0, 0.05) is 70.9 Å². The summed E-state index contributed by atoms with van der Waals surface area (Å²) >= 11 is 0. The summed E-state index contributed by atoms with van der Waals surface area (Å²) in [6.07, 6.45) is 12.9. The molecule has 6 aliphatic rings. The third kappa shape index (κ3) is 5.79. The summed E-state index contributed by atoms with van der Waals surface area (Å²) in [6.45, 7) is 12.7. The molecule has 9 heterocycles. The Hall–Kier alpha value is -5.18. The smallest absolute Gasteiger partial charge is 0.119 e. The second-order valence-electron chi connectivity index (χ2n) is 16.5. The van der Waals surface area contributed by atoms with Crippen LogP contribution in [0.1, 0.15) is 60.0 Å². The van der Waals surface area contributed by atoms with E-state index in [9.17, 15) is 0 Å². The molecule has 10 atom stereocenters. The van der Waals surface area contributed by atoms with Gasteiger partial charge in [-0.2, -0.15) is 10.2 Å². The molecule has 6 aromatic rings. The minimum absolute atomic E-state index is 0.0279. The highest BCUT2D eigenvalue weighted by atomic mass is 16.5. The number of benzene rings is 3. The van der Waals surface area contributed by atoms with E-state index in [2.05, 4.69) is 95.8 Å². The van der Waals surface area contributed by atoms with Gasteiger partial charge in [0.25, 0.3) is 0 Å². The monoisotopic (exact) mass is 742 g/mol. The Kier molecular flexibility index (Phi) is 9.06. The van der Waals surface area contributed by atoms with E-state index < -0.39 is 0 Å². The van der Waals surface area contributed by atoms with Gasteiger partial charge in [-0.15, -0.1) is 13.2 Å². The highest BCUT2D eigenvalue weighted by Gasteiger charge is 2.46. The van der Waals surface area contributed by atoms with Gasteiger partial charge in [0.05, 0.1) is 36.6 Å². The third-order valence-electron chi connectivity index (χ3n) is 14.0. The number of hydrogen-bond acceptors (Lipinski definition) is 8. The molecule has 4 unspecified atom stereocenters. The standard InChI is InChI=1S/C48H50N6O2/c1-5-29-27-53-21-17-31(29)23-43(53)45(35-15-19-49-41-13-11-33(55-3)25-39(35)41)47-37-9-7-8-10-38(37)48(52-51-47)46(44-24-32-18-22-54(44)28-30(32)6-2)36-16-20-50-42-14-12-34(56-4)26-40(36)42/h5-16,19-20,25-26,29-32,43-46H,1-2,17-18,21-24,27-28H2,3-4H3/t29-,30-,31-,32-,43+,44+,45?,46?/m0/s1. The zero-order valence-corrected chi connectivity index (χ0v) is 32.4. The fourth-order valence-corrected chi connectivity index (χ4v) is 11.2. The van der Waals surface area contributed by atoms with Gasteiger partial charge < -0.3 is 9.47 Å². The van der Waals surface area contributed by atoms with Crippen molar-refractivity contribution in [3.63, 3.8) is 0 Å². The maximum Gasteiger partial charge on any atom is 0.119 e. The van der Waals surface area contributed by atoms with Crippen LogP contribution in [0.5, 0.6) is 11.5 Å². The molecule has 0 radical (unpaired) electrons. The molecule has 0 amide bonds. The molecule has 3 aromatic carbocycles. The average Bonchev–Trinajstić information content (AvgIpc) is 3.27. The number of hydrogen-bond donors (Lipinski definition) is 0. The number of rotatable bonds is 10. The molecule has 284 valence electrons. The van der Waals surface area contributed by atoms with Crippen molar-refractivity contribution in [3.05, 3.63) is 133 Å². The summed E-state index contributed by atoms with van der Waals surface area (Å²) in [7, 11) is 3.47. The molecule has 3 aromatic heterocycles. The van der Waals surface area contributed by atoms with E-state index in [0.29, 0.717) is 23.7 Å². The van der Waals surface area contributed by atoms with E-state index in [1.54, 1.807) is 14.2 Å². The molecular weight excluding hydrogens is 693 g/mol. The Labute approximate surface area is 329 Å². The topological polar surface area (TPSA) is 76.5 Å². The van der Waals surface area contributed by atoms with Gasteiger partial charge in [-0.05, 0) is 122 Å². The summed E-state index contributed by atoms with van der Waals surface area (Å²) in [5, 5.41) is 15.5. The van der Waals surface area contributed by atoms with Crippen molar-refractivity contribution < 1.29 is 9.47 Å². The van der Waals surface area contributed by atoms with Crippen molar-refractivity contribution in [1.29, 1.82) is 0 Å².